The molecule has 1 aromatic carbocycles. The Bertz CT molecular complexity index is 637. The lowest BCUT2D eigenvalue weighted by molar-refractivity contribution is 0.131. The molecule has 0 saturated heterocycles. The highest BCUT2D eigenvalue weighted by Gasteiger charge is 2.32. The molecule has 2 heterocycles. The first-order valence-corrected chi connectivity index (χ1v) is 7.97. The second kappa shape index (κ2) is 5.66. The number of para-hydroxylation sites is 1. The third-order valence-corrected chi connectivity index (χ3v) is 4.26. The lowest BCUT2D eigenvalue weighted by Crippen LogP contribution is -2.24. The predicted octanol–water partition coefficient (Wildman–Crippen LogP) is 3.16. The van der Waals surface area contributed by atoms with E-state index in [1.807, 2.05) is 24.6 Å². The molecular weight excluding hydrogens is 284 g/mol. The first-order chi connectivity index (χ1) is 10.1. The molecule has 0 aliphatic carbocycles. The zero-order valence-corrected chi connectivity index (χ0v) is 13.4. The summed E-state index contributed by atoms with van der Waals surface area (Å²) in [5.74, 6) is 1.69. The van der Waals surface area contributed by atoms with Gasteiger partial charge in [-0.1, -0.05) is 12.1 Å². The van der Waals surface area contributed by atoms with E-state index < -0.39 is 0 Å². The Morgan fingerprint density at radius 1 is 1.43 bits per heavy atom. The van der Waals surface area contributed by atoms with Crippen molar-refractivity contribution in [2.45, 2.75) is 39.0 Å². The molecule has 0 bridgehead atoms. The van der Waals surface area contributed by atoms with Gasteiger partial charge in [0.05, 0.1) is 5.69 Å². The van der Waals surface area contributed by atoms with Gasteiger partial charge < -0.3 is 14.8 Å². The summed E-state index contributed by atoms with van der Waals surface area (Å²) in [5.41, 5.74) is 2.02. The van der Waals surface area contributed by atoms with Crippen molar-refractivity contribution in [2.24, 2.45) is 0 Å². The van der Waals surface area contributed by atoms with Crippen LogP contribution in [0.2, 0.25) is 0 Å². The minimum atomic E-state index is -0.150. The molecule has 0 saturated carbocycles. The third kappa shape index (κ3) is 3.19. The molecular formula is C16H20N2O2S. The summed E-state index contributed by atoms with van der Waals surface area (Å²) in [6.45, 7) is 5.46. The molecule has 1 aliphatic rings. The number of hydrogen-bond acceptors (Lipinski definition) is 5. The molecule has 0 spiro atoms. The van der Waals surface area contributed by atoms with Crippen LogP contribution in [0, 0.1) is 0 Å². The first kappa shape index (κ1) is 14.4. The minimum Gasteiger partial charge on any atom is -0.483 e. The molecule has 5 heteroatoms. The van der Waals surface area contributed by atoms with Crippen LogP contribution >= 0.6 is 11.3 Å². The van der Waals surface area contributed by atoms with E-state index in [9.17, 15) is 0 Å². The average Bonchev–Trinajstić information content (AvgIpc) is 2.99. The van der Waals surface area contributed by atoms with E-state index in [1.54, 1.807) is 11.3 Å². The summed E-state index contributed by atoms with van der Waals surface area (Å²) in [6.07, 6.45) is 0.919. The highest BCUT2D eigenvalue weighted by molar-refractivity contribution is 7.09. The third-order valence-electron chi connectivity index (χ3n) is 3.36. The smallest absolute Gasteiger partial charge is 0.165 e. The second-order valence-electron chi connectivity index (χ2n) is 5.83. The van der Waals surface area contributed by atoms with E-state index in [-0.39, 0.29) is 5.60 Å². The largest absolute Gasteiger partial charge is 0.483 e. The number of ether oxygens (including phenoxy) is 2. The van der Waals surface area contributed by atoms with E-state index >= 15 is 0 Å². The molecule has 0 fully saturated rings. The fraction of sp³-hybridized carbons (Fsp3) is 0.438. The number of nitrogens with one attached hydrogen (secondary N) is 1. The Hall–Kier alpha value is -1.59. The number of aromatic nitrogens is 1. The van der Waals surface area contributed by atoms with Gasteiger partial charge in [0.25, 0.3) is 0 Å². The Morgan fingerprint density at radius 2 is 2.29 bits per heavy atom. The van der Waals surface area contributed by atoms with Crippen molar-refractivity contribution < 1.29 is 9.47 Å². The monoisotopic (exact) mass is 304 g/mol. The van der Waals surface area contributed by atoms with E-state index in [4.69, 9.17) is 9.47 Å². The Balaban J connectivity index is 1.70. The van der Waals surface area contributed by atoms with Crippen molar-refractivity contribution in [2.75, 3.05) is 7.05 Å². The molecule has 2 aromatic rings. The van der Waals surface area contributed by atoms with Crippen LogP contribution in [-0.2, 0) is 19.6 Å². The standard InChI is InChI=1S/C16H20N2O2S/c1-16(2)7-11-5-4-6-13(15(11)20-16)19-9-12-10-21-14(18-12)8-17-3/h4-6,10,17H,7-9H2,1-3H3. The zero-order chi connectivity index (χ0) is 14.9. The number of rotatable bonds is 5. The fourth-order valence-electron chi connectivity index (χ4n) is 2.50. The van der Waals surface area contributed by atoms with Crippen LogP contribution in [0.25, 0.3) is 0 Å². The molecule has 0 unspecified atom stereocenters. The maximum atomic E-state index is 6.00. The molecule has 0 radical (unpaired) electrons. The number of nitrogens with zero attached hydrogens (tertiary/aromatic N) is 1. The quantitative estimate of drug-likeness (QED) is 0.921. The molecule has 1 aliphatic heterocycles. The van der Waals surface area contributed by atoms with Crippen molar-refractivity contribution >= 4 is 11.3 Å². The molecule has 0 amide bonds. The minimum absolute atomic E-state index is 0.150. The van der Waals surface area contributed by atoms with Crippen LogP contribution in [0.3, 0.4) is 0 Å². The summed E-state index contributed by atoms with van der Waals surface area (Å²) in [5, 5.41) is 6.22. The van der Waals surface area contributed by atoms with Gasteiger partial charge in [0.2, 0.25) is 0 Å². The highest BCUT2D eigenvalue weighted by atomic mass is 32.1. The van der Waals surface area contributed by atoms with Crippen LogP contribution in [0.4, 0.5) is 0 Å². The van der Waals surface area contributed by atoms with Gasteiger partial charge >= 0.3 is 0 Å². The SMILES string of the molecule is CNCc1nc(COc2cccc3c2OC(C)(C)C3)cs1. The highest BCUT2D eigenvalue weighted by Crippen LogP contribution is 2.41. The van der Waals surface area contributed by atoms with Gasteiger partial charge in [-0.2, -0.15) is 0 Å². The summed E-state index contributed by atoms with van der Waals surface area (Å²) >= 11 is 1.65. The lowest BCUT2D eigenvalue weighted by Gasteiger charge is -2.18. The summed E-state index contributed by atoms with van der Waals surface area (Å²) < 4.78 is 11.9. The molecule has 1 aromatic heterocycles. The molecule has 1 N–H and O–H groups in total. The molecule has 21 heavy (non-hydrogen) atoms. The van der Waals surface area contributed by atoms with Crippen LogP contribution in [0.15, 0.2) is 23.6 Å². The van der Waals surface area contributed by atoms with Gasteiger partial charge in [0.15, 0.2) is 11.5 Å². The van der Waals surface area contributed by atoms with Crippen molar-refractivity contribution in [1.29, 1.82) is 0 Å². The maximum absolute atomic E-state index is 6.00. The van der Waals surface area contributed by atoms with E-state index in [0.717, 1.165) is 35.2 Å². The summed E-state index contributed by atoms with van der Waals surface area (Å²) in [7, 11) is 1.92. The zero-order valence-electron chi connectivity index (χ0n) is 12.6. The summed E-state index contributed by atoms with van der Waals surface area (Å²) in [4.78, 5) is 4.53. The van der Waals surface area contributed by atoms with E-state index in [2.05, 4.69) is 30.2 Å². The number of hydrogen-bond donors (Lipinski definition) is 1. The van der Waals surface area contributed by atoms with Crippen molar-refractivity contribution in [3.05, 3.63) is 39.8 Å². The summed E-state index contributed by atoms with van der Waals surface area (Å²) in [6, 6.07) is 6.08. The van der Waals surface area contributed by atoms with E-state index in [0.29, 0.717) is 6.61 Å². The molecule has 3 rings (SSSR count). The Labute approximate surface area is 129 Å². The lowest BCUT2D eigenvalue weighted by atomic mass is 10.0. The van der Waals surface area contributed by atoms with Crippen LogP contribution < -0.4 is 14.8 Å². The van der Waals surface area contributed by atoms with Crippen molar-refractivity contribution in [1.82, 2.24) is 10.3 Å². The second-order valence-corrected chi connectivity index (χ2v) is 6.78. The average molecular weight is 304 g/mol. The Morgan fingerprint density at radius 3 is 3.10 bits per heavy atom. The molecule has 4 nitrogen and oxygen atoms in total. The normalized spacial score (nSPS) is 15.6. The van der Waals surface area contributed by atoms with Crippen LogP contribution in [0.1, 0.15) is 30.1 Å². The molecule has 0 atom stereocenters. The van der Waals surface area contributed by atoms with Crippen LogP contribution in [0.5, 0.6) is 11.5 Å². The number of thiazole rings is 1. The van der Waals surface area contributed by atoms with Gasteiger partial charge in [-0.15, -0.1) is 11.3 Å². The molecule has 112 valence electrons. The fourth-order valence-corrected chi connectivity index (χ4v) is 3.29. The van der Waals surface area contributed by atoms with Gasteiger partial charge in [-0.25, -0.2) is 4.98 Å². The predicted molar refractivity (Wildman–Crippen MR) is 84.1 cm³/mol. The first-order valence-electron chi connectivity index (χ1n) is 7.09. The van der Waals surface area contributed by atoms with Crippen LogP contribution in [-0.4, -0.2) is 17.6 Å². The van der Waals surface area contributed by atoms with Gasteiger partial charge in [-0.3, -0.25) is 0 Å². The van der Waals surface area contributed by atoms with Gasteiger partial charge in [0, 0.05) is 23.9 Å². The van der Waals surface area contributed by atoms with Gasteiger partial charge in [0.1, 0.15) is 17.2 Å². The maximum Gasteiger partial charge on any atom is 0.165 e. The van der Waals surface area contributed by atoms with Gasteiger partial charge in [-0.05, 0) is 27.0 Å². The van der Waals surface area contributed by atoms with Crippen molar-refractivity contribution in [3.8, 4) is 11.5 Å². The number of fused-ring (bicyclic) bond motifs is 1. The topological polar surface area (TPSA) is 43.4 Å². The Kier molecular flexibility index (Phi) is 3.87. The van der Waals surface area contributed by atoms with Crippen molar-refractivity contribution in [3.63, 3.8) is 0 Å². The number of benzene rings is 1. The van der Waals surface area contributed by atoms with E-state index in [1.165, 1.54) is 5.56 Å².